The fraction of sp³-hybridized carbons (Fsp3) is 0.200. The molecule has 0 aliphatic heterocycles. The molecule has 0 spiro atoms. The standard InChI is InChI=1S/C15H14Cl2N2O2/c16-11-4-5-13(17)14(9-11)21-10-15(20)19-8-6-12-3-1-2-7-18-12/h1-5,7,9H,6,8,10H2,(H,19,20). The Hall–Kier alpha value is -1.78. The van der Waals surface area contributed by atoms with Crippen molar-refractivity contribution in [3.05, 3.63) is 58.3 Å². The van der Waals surface area contributed by atoms with Crippen LogP contribution in [0.5, 0.6) is 5.75 Å². The maximum absolute atomic E-state index is 11.7. The number of hydrogen-bond acceptors (Lipinski definition) is 3. The molecule has 1 amide bonds. The van der Waals surface area contributed by atoms with Gasteiger partial charge in [0.1, 0.15) is 5.75 Å². The molecule has 1 N–H and O–H groups in total. The topological polar surface area (TPSA) is 51.2 Å². The highest BCUT2D eigenvalue weighted by atomic mass is 35.5. The van der Waals surface area contributed by atoms with Gasteiger partial charge in [-0.15, -0.1) is 0 Å². The first-order valence-corrected chi connectivity index (χ1v) is 7.15. The van der Waals surface area contributed by atoms with Gasteiger partial charge in [-0.1, -0.05) is 29.3 Å². The van der Waals surface area contributed by atoms with E-state index in [1.54, 1.807) is 24.4 Å². The molecule has 0 fully saturated rings. The molecule has 0 saturated carbocycles. The quantitative estimate of drug-likeness (QED) is 0.888. The van der Waals surface area contributed by atoms with Crippen molar-refractivity contribution in [1.29, 1.82) is 0 Å². The van der Waals surface area contributed by atoms with Gasteiger partial charge in [-0.25, -0.2) is 0 Å². The molecule has 0 aliphatic carbocycles. The monoisotopic (exact) mass is 324 g/mol. The van der Waals surface area contributed by atoms with Crippen LogP contribution in [0.15, 0.2) is 42.6 Å². The van der Waals surface area contributed by atoms with Crippen molar-refractivity contribution in [2.45, 2.75) is 6.42 Å². The van der Waals surface area contributed by atoms with Gasteiger partial charge in [-0.3, -0.25) is 9.78 Å². The Balaban J connectivity index is 1.74. The number of carbonyl (C=O) groups excluding carboxylic acids is 1. The van der Waals surface area contributed by atoms with Gasteiger partial charge >= 0.3 is 0 Å². The van der Waals surface area contributed by atoms with Gasteiger partial charge < -0.3 is 10.1 Å². The number of aromatic nitrogens is 1. The van der Waals surface area contributed by atoms with E-state index in [2.05, 4.69) is 10.3 Å². The lowest BCUT2D eigenvalue weighted by molar-refractivity contribution is -0.123. The van der Waals surface area contributed by atoms with Crippen molar-refractivity contribution in [2.75, 3.05) is 13.2 Å². The minimum atomic E-state index is -0.220. The predicted molar refractivity (Wildman–Crippen MR) is 82.9 cm³/mol. The van der Waals surface area contributed by atoms with E-state index < -0.39 is 0 Å². The lowest BCUT2D eigenvalue weighted by Gasteiger charge is -2.09. The minimum Gasteiger partial charge on any atom is -0.482 e. The van der Waals surface area contributed by atoms with E-state index in [1.165, 1.54) is 0 Å². The molecule has 21 heavy (non-hydrogen) atoms. The van der Waals surface area contributed by atoms with Crippen LogP contribution in [-0.2, 0) is 11.2 Å². The second-order valence-corrected chi connectivity index (χ2v) is 5.13. The lowest BCUT2D eigenvalue weighted by Crippen LogP contribution is -2.30. The SMILES string of the molecule is O=C(COc1cc(Cl)ccc1Cl)NCCc1ccccn1. The van der Waals surface area contributed by atoms with Gasteiger partial charge in [0.2, 0.25) is 0 Å². The summed E-state index contributed by atoms with van der Waals surface area (Å²) in [6.07, 6.45) is 2.39. The number of amides is 1. The Morgan fingerprint density at radius 3 is 2.86 bits per heavy atom. The van der Waals surface area contributed by atoms with E-state index in [4.69, 9.17) is 27.9 Å². The van der Waals surface area contributed by atoms with E-state index in [0.29, 0.717) is 28.8 Å². The second kappa shape index (κ2) is 7.86. The first kappa shape index (κ1) is 15.6. The molecular weight excluding hydrogens is 311 g/mol. The van der Waals surface area contributed by atoms with E-state index >= 15 is 0 Å². The van der Waals surface area contributed by atoms with Crippen molar-refractivity contribution in [3.63, 3.8) is 0 Å². The summed E-state index contributed by atoms with van der Waals surface area (Å²) in [5.74, 6) is 0.172. The molecule has 1 aromatic heterocycles. The van der Waals surface area contributed by atoms with Crippen molar-refractivity contribution in [3.8, 4) is 5.75 Å². The summed E-state index contributed by atoms with van der Waals surface area (Å²) in [6.45, 7) is 0.394. The van der Waals surface area contributed by atoms with Gasteiger partial charge in [-0.2, -0.15) is 0 Å². The van der Waals surface area contributed by atoms with E-state index in [-0.39, 0.29) is 12.5 Å². The van der Waals surface area contributed by atoms with E-state index in [1.807, 2.05) is 18.2 Å². The second-order valence-electron chi connectivity index (χ2n) is 4.28. The van der Waals surface area contributed by atoms with Crippen LogP contribution in [0.25, 0.3) is 0 Å². The normalized spacial score (nSPS) is 10.2. The zero-order valence-corrected chi connectivity index (χ0v) is 12.7. The third-order valence-electron chi connectivity index (χ3n) is 2.68. The van der Waals surface area contributed by atoms with Crippen LogP contribution in [0.2, 0.25) is 10.0 Å². The van der Waals surface area contributed by atoms with Crippen LogP contribution in [0, 0.1) is 0 Å². The molecule has 1 heterocycles. The molecule has 0 aliphatic rings. The van der Waals surface area contributed by atoms with Gasteiger partial charge in [-0.05, 0) is 24.3 Å². The van der Waals surface area contributed by atoms with Crippen molar-refractivity contribution in [2.24, 2.45) is 0 Å². The van der Waals surface area contributed by atoms with Crippen LogP contribution in [-0.4, -0.2) is 24.0 Å². The molecule has 1 aromatic carbocycles. The molecule has 4 nitrogen and oxygen atoms in total. The molecule has 110 valence electrons. The summed E-state index contributed by atoms with van der Waals surface area (Å²) >= 11 is 11.8. The smallest absolute Gasteiger partial charge is 0.257 e. The first-order valence-electron chi connectivity index (χ1n) is 6.39. The summed E-state index contributed by atoms with van der Waals surface area (Å²) in [5, 5.41) is 3.68. The average Bonchev–Trinajstić information content (AvgIpc) is 2.49. The number of nitrogens with one attached hydrogen (secondary N) is 1. The third-order valence-corrected chi connectivity index (χ3v) is 3.23. The van der Waals surface area contributed by atoms with Crippen LogP contribution < -0.4 is 10.1 Å². The van der Waals surface area contributed by atoms with Gasteiger partial charge in [0, 0.05) is 35.9 Å². The average molecular weight is 325 g/mol. The summed E-state index contributed by atoms with van der Waals surface area (Å²) in [7, 11) is 0. The first-order chi connectivity index (χ1) is 10.1. The van der Waals surface area contributed by atoms with Crippen LogP contribution >= 0.6 is 23.2 Å². The van der Waals surface area contributed by atoms with Crippen LogP contribution in [0.3, 0.4) is 0 Å². The number of ether oxygens (including phenoxy) is 1. The Morgan fingerprint density at radius 1 is 1.24 bits per heavy atom. The highest BCUT2D eigenvalue weighted by Gasteiger charge is 2.06. The molecule has 6 heteroatoms. The number of rotatable bonds is 6. The summed E-state index contributed by atoms with van der Waals surface area (Å²) in [5.41, 5.74) is 0.927. The molecule has 2 aromatic rings. The molecule has 0 saturated heterocycles. The zero-order valence-electron chi connectivity index (χ0n) is 11.2. The Kier molecular flexibility index (Phi) is 5.84. The number of carbonyl (C=O) groups is 1. The van der Waals surface area contributed by atoms with Gasteiger partial charge in [0.05, 0.1) is 5.02 Å². The minimum absolute atomic E-state index is 0.109. The summed E-state index contributed by atoms with van der Waals surface area (Å²) in [6, 6.07) is 10.5. The Labute approximate surface area is 133 Å². The third kappa shape index (κ3) is 5.25. The highest BCUT2D eigenvalue weighted by molar-refractivity contribution is 6.34. The molecule has 0 bridgehead atoms. The lowest BCUT2D eigenvalue weighted by atomic mass is 10.3. The van der Waals surface area contributed by atoms with Crippen LogP contribution in [0.1, 0.15) is 5.69 Å². The van der Waals surface area contributed by atoms with Crippen LogP contribution in [0.4, 0.5) is 0 Å². The zero-order chi connectivity index (χ0) is 15.1. The maximum Gasteiger partial charge on any atom is 0.257 e. The fourth-order valence-corrected chi connectivity index (χ4v) is 1.99. The maximum atomic E-state index is 11.7. The Bertz CT molecular complexity index is 606. The predicted octanol–water partition coefficient (Wildman–Crippen LogP) is 3.13. The van der Waals surface area contributed by atoms with Crippen molar-refractivity contribution < 1.29 is 9.53 Å². The number of halogens is 2. The molecule has 2 rings (SSSR count). The number of hydrogen-bond donors (Lipinski definition) is 1. The molecule has 0 atom stereocenters. The molecular formula is C15H14Cl2N2O2. The van der Waals surface area contributed by atoms with Gasteiger partial charge in [0.25, 0.3) is 5.91 Å². The van der Waals surface area contributed by atoms with E-state index in [0.717, 1.165) is 5.69 Å². The van der Waals surface area contributed by atoms with Crippen molar-refractivity contribution >= 4 is 29.1 Å². The van der Waals surface area contributed by atoms with E-state index in [9.17, 15) is 4.79 Å². The van der Waals surface area contributed by atoms with Crippen molar-refractivity contribution in [1.82, 2.24) is 10.3 Å². The number of nitrogens with zero attached hydrogens (tertiary/aromatic N) is 1. The molecule has 0 radical (unpaired) electrons. The van der Waals surface area contributed by atoms with Gasteiger partial charge in [0.15, 0.2) is 6.61 Å². The number of benzene rings is 1. The number of pyridine rings is 1. The summed E-state index contributed by atoms with van der Waals surface area (Å²) < 4.78 is 5.34. The fourth-order valence-electron chi connectivity index (χ4n) is 1.66. The summed E-state index contributed by atoms with van der Waals surface area (Å²) in [4.78, 5) is 15.8. The molecule has 0 unspecified atom stereocenters. The highest BCUT2D eigenvalue weighted by Crippen LogP contribution is 2.27. The Morgan fingerprint density at radius 2 is 2.10 bits per heavy atom. The largest absolute Gasteiger partial charge is 0.482 e.